The van der Waals surface area contributed by atoms with Gasteiger partial charge in [0.2, 0.25) is 10.0 Å². The standard InChI is InChI=1S/C20H25N3O4S/c1-4-7-17-18(14(3)24)13(2)21-19(17)20(25)22-15-8-5-9-16(12-15)23-10-6-11-28(23,26)27/h5,8-9,12,21H,4,6-7,10-11H2,1-3H3,(H,22,25). The summed E-state index contributed by atoms with van der Waals surface area (Å²) in [6, 6.07) is 6.80. The van der Waals surface area contributed by atoms with Crippen LogP contribution < -0.4 is 9.62 Å². The van der Waals surface area contributed by atoms with Crippen LogP contribution in [0.25, 0.3) is 0 Å². The molecular formula is C20H25N3O4S. The highest BCUT2D eigenvalue weighted by Crippen LogP contribution is 2.27. The van der Waals surface area contributed by atoms with Gasteiger partial charge >= 0.3 is 0 Å². The molecule has 0 saturated carbocycles. The lowest BCUT2D eigenvalue weighted by Crippen LogP contribution is -2.25. The van der Waals surface area contributed by atoms with Crippen LogP contribution in [0.1, 0.15) is 58.8 Å². The number of ketones is 1. The van der Waals surface area contributed by atoms with E-state index in [1.807, 2.05) is 6.92 Å². The largest absolute Gasteiger partial charge is 0.354 e. The van der Waals surface area contributed by atoms with Gasteiger partial charge in [0.25, 0.3) is 5.91 Å². The average molecular weight is 404 g/mol. The molecule has 150 valence electrons. The lowest BCUT2D eigenvalue weighted by atomic mass is 10.0. The summed E-state index contributed by atoms with van der Waals surface area (Å²) in [4.78, 5) is 27.9. The second-order valence-electron chi connectivity index (χ2n) is 7.03. The molecule has 2 N–H and O–H groups in total. The zero-order valence-electron chi connectivity index (χ0n) is 16.3. The van der Waals surface area contributed by atoms with Crippen molar-refractivity contribution in [2.24, 2.45) is 0 Å². The van der Waals surface area contributed by atoms with Crippen molar-refractivity contribution in [2.45, 2.75) is 40.0 Å². The monoisotopic (exact) mass is 403 g/mol. The van der Waals surface area contributed by atoms with Gasteiger partial charge < -0.3 is 10.3 Å². The molecule has 0 radical (unpaired) electrons. The maximum atomic E-state index is 12.9. The van der Waals surface area contributed by atoms with E-state index >= 15 is 0 Å². The van der Waals surface area contributed by atoms with Gasteiger partial charge in [-0.2, -0.15) is 0 Å². The molecule has 0 atom stereocenters. The number of rotatable bonds is 6. The Bertz CT molecular complexity index is 1020. The molecule has 28 heavy (non-hydrogen) atoms. The van der Waals surface area contributed by atoms with Crippen LogP contribution in [-0.4, -0.2) is 37.4 Å². The minimum absolute atomic E-state index is 0.0718. The molecule has 1 aromatic carbocycles. The number of H-pyrrole nitrogens is 1. The first-order valence-electron chi connectivity index (χ1n) is 9.38. The fraction of sp³-hybridized carbons (Fsp3) is 0.400. The normalized spacial score (nSPS) is 15.6. The number of carbonyl (C=O) groups excluding carboxylic acids is 2. The average Bonchev–Trinajstić information content (AvgIpc) is 3.14. The minimum Gasteiger partial charge on any atom is -0.354 e. The summed E-state index contributed by atoms with van der Waals surface area (Å²) in [7, 11) is -3.29. The Hall–Kier alpha value is -2.61. The third-order valence-electron chi connectivity index (χ3n) is 4.86. The Morgan fingerprint density at radius 1 is 1.29 bits per heavy atom. The number of Topliss-reactive ketones (excluding diaryl/α,β-unsaturated/α-hetero) is 1. The van der Waals surface area contributed by atoms with E-state index in [1.54, 1.807) is 31.2 Å². The number of benzene rings is 1. The van der Waals surface area contributed by atoms with Gasteiger partial charge in [0.05, 0.1) is 11.4 Å². The number of anilines is 2. The second kappa shape index (κ2) is 7.79. The minimum atomic E-state index is -3.29. The molecule has 8 heteroatoms. The van der Waals surface area contributed by atoms with Gasteiger partial charge in [-0.15, -0.1) is 0 Å². The summed E-state index contributed by atoms with van der Waals surface area (Å²) in [5, 5.41) is 2.82. The number of aromatic nitrogens is 1. The molecule has 0 bridgehead atoms. The highest BCUT2D eigenvalue weighted by molar-refractivity contribution is 7.93. The van der Waals surface area contributed by atoms with Crippen molar-refractivity contribution in [3.05, 3.63) is 46.8 Å². The van der Waals surface area contributed by atoms with E-state index in [-0.39, 0.29) is 17.4 Å². The van der Waals surface area contributed by atoms with Crippen LogP contribution in [0.4, 0.5) is 11.4 Å². The SMILES string of the molecule is CCCc1c(C(=O)Nc2cccc(N3CCCS3(=O)=O)c2)[nH]c(C)c1C(C)=O. The fourth-order valence-corrected chi connectivity index (χ4v) is 5.27. The van der Waals surface area contributed by atoms with Crippen molar-refractivity contribution in [1.82, 2.24) is 4.98 Å². The molecule has 1 aromatic heterocycles. The Balaban J connectivity index is 1.89. The number of aryl methyl sites for hydroxylation is 1. The Labute approximate surface area is 165 Å². The fourth-order valence-electron chi connectivity index (χ4n) is 3.71. The second-order valence-corrected chi connectivity index (χ2v) is 9.04. The predicted molar refractivity (Wildman–Crippen MR) is 110 cm³/mol. The molecular weight excluding hydrogens is 378 g/mol. The smallest absolute Gasteiger partial charge is 0.272 e. The van der Waals surface area contributed by atoms with E-state index in [1.165, 1.54) is 11.2 Å². The van der Waals surface area contributed by atoms with Gasteiger partial charge in [-0.1, -0.05) is 19.4 Å². The predicted octanol–water partition coefficient (Wildman–Crippen LogP) is 3.27. The van der Waals surface area contributed by atoms with E-state index < -0.39 is 10.0 Å². The Kier molecular flexibility index (Phi) is 5.60. The molecule has 3 rings (SSSR count). The number of aromatic amines is 1. The van der Waals surface area contributed by atoms with E-state index in [0.29, 0.717) is 47.7 Å². The van der Waals surface area contributed by atoms with Crippen LogP contribution in [0.3, 0.4) is 0 Å². The quantitative estimate of drug-likeness (QED) is 0.723. The maximum absolute atomic E-state index is 12.9. The maximum Gasteiger partial charge on any atom is 0.272 e. The summed E-state index contributed by atoms with van der Waals surface area (Å²) in [6.07, 6.45) is 2.02. The number of nitrogens with one attached hydrogen (secondary N) is 2. The van der Waals surface area contributed by atoms with Crippen molar-refractivity contribution in [3.8, 4) is 0 Å². The molecule has 1 aliphatic rings. The van der Waals surface area contributed by atoms with Crippen LogP contribution in [0.5, 0.6) is 0 Å². The number of hydrogen-bond acceptors (Lipinski definition) is 4. The summed E-state index contributed by atoms with van der Waals surface area (Å²) < 4.78 is 25.7. The van der Waals surface area contributed by atoms with Crippen LogP contribution in [0.2, 0.25) is 0 Å². The first-order valence-corrected chi connectivity index (χ1v) is 11.0. The van der Waals surface area contributed by atoms with Gasteiger partial charge in [0, 0.05) is 23.5 Å². The zero-order valence-corrected chi connectivity index (χ0v) is 17.1. The number of hydrogen-bond donors (Lipinski definition) is 2. The van der Waals surface area contributed by atoms with E-state index in [9.17, 15) is 18.0 Å². The van der Waals surface area contributed by atoms with E-state index in [0.717, 1.165) is 12.0 Å². The third-order valence-corrected chi connectivity index (χ3v) is 6.73. The zero-order chi connectivity index (χ0) is 20.5. The van der Waals surface area contributed by atoms with Gasteiger partial charge in [-0.3, -0.25) is 13.9 Å². The van der Waals surface area contributed by atoms with Crippen LogP contribution in [0.15, 0.2) is 24.3 Å². The molecule has 2 aromatic rings. The van der Waals surface area contributed by atoms with Crippen LogP contribution >= 0.6 is 0 Å². The van der Waals surface area contributed by atoms with Crippen molar-refractivity contribution in [1.29, 1.82) is 0 Å². The first-order chi connectivity index (χ1) is 13.2. The van der Waals surface area contributed by atoms with Crippen molar-refractivity contribution >= 4 is 33.1 Å². The molecule has 2 heterocycles. The van der Waals surface area contributed by atoms with Crippen molar-refractivity contribution in [3.63, 3.8) is 0 Å². The number of sulfonamides is 1. The number of amides is 1. The van der Waals surface area contributed by atoms with Gasteiger partial charge in [0.1, 0.15) is 5.69 Å². The topological polar surface area (TPSA) is 99.3 Å². The molecule has 1 saturated heterocycles. The summed E-state index contributed by atoms with van der Waals surface area (Å²) in [5.74, 6) is -0.280. The van der Waals surface area contributed by atoms with E-state index in [4.69, 9.17) is 0 Å². The molecule has 7 nitrogen and oxygen atoms in total. The lowest BCUT2D eigenvalue weighted by molar-refractivity contribution is 0.101. The lowest BCUT2D eigenvalue weighted by Gasteiger charge is -2.17. The van der Waals surface area contributed by atoms with Gasteiger partial charge in [0.15, 0.2) is 5.78 Å². The summed E-state index contributed by atoms with van der Waals surface area (Å²) >= 11 is 0. The Morgan fingerprint density at radius 3 is 2.64 bits per heavy atom. The Morgan fingerprint density at radius 2 is 2.04 bits per heavy atom. The van der Waals surface area contributed by atoms with Gasteiger partial charge in [-0.25, -0.2) is 8.42 Å². The summed E-state index contributed by atoms with van der Waals surface area (Å²) in [5.41, 5.74) is 3.40. The first kappa shape index (κ1) is 20.1. The molecule has 1 fully saturated rings. The highest BCUT2D eigenvalue weighted by atomic mass is 32.2. The van der Waals surface area contributed by atoms with Crippen LogP contribution in [-0.2, 0) is 16.4 Å². The molecule has 0 unspecified atom stereocenters. The van der Waals surface area contributed by atoms with E-state index in [2.05, 4.69) is 10.3 Å². The van der Waals surface area contributed by atoms with Crippen molar-refractivity contribution in [2.75, 3.05) is 21.9 Å². The highest BCUT2D eigenvalue weighted by Gasteiger charge is 2.28. The number of nitrogens with zero attached hydrogens (tertiary/aromatic N) is 1. The summed E-state index contributed by atoms with van der Waals surface area (Å²) in [6.45, 7) is 5.72. The molecule has 1 aliphatic heterocycles. The van der Waals surface area contributed by atoms with Crippen molar-refractivity contribution < 1.29 is 18.0 Å². The third kappa shape index (κ3) is 3.82. The number of carbonyl (C=O) groups is 2. The molecule has 1 amide bonds. The van der Waals surface area contributed by atoms with Gasteiger partial charge in [-0.05, 0) is 50.5 Å². The molecule has 0 aliphatic carbocycles. The van der Waals surface area contributed by atoms with Crippen LogP contribution in [0, 0.1) is 6.92 Å². The molecule has 0 spiro atoms.